The van der Waals surface area contributed by atoms with Crippen molar-refractivity contribution < 1.29 is 62.3 Å². The van der Waals surface area contributed by atoms with Crippen molar-refractivity contribution in [1.82, 2.24) is 52.3 Å². The lowest BCUT2D eigenvalue weighted by molar-refractivity contribution is -0.144. The van der Waals surface area contributed by atoms with Crippen LogP contribution in [0.2, 0.25) is 0 Å². The summed E-state index contributed by atoms with van der Waals surface area (Å²) >= 11 is 1.45. The molecule has 13 amide bonds. The Morgan fingerprint density at radius 3 is 1.51 bits per heavy atom. The van der Waals surface area contributed by atoms with Gasteiger partial charge in [0.2, 0.25) is 76.8 Å². The van der Waals surface area contributed by atoms with Gasteiger partial charge in [0.05, 0.1) is 12.6 Å². The lowest BCUT2D eigenvalue weighted by atomic mass is 10.0. The second-order valence-corrected chi connectivity index (χ2v) is 25.1. The molecule has 31 nitrogen and oxygen atoms in total. The number of nitrogens with zero attached hydrogens (tertiary/aromatic N) is 3. The minimum Gasteiger partial charge on any atom is -0.370 e. The molecule has 0 spiro atoms. The maximum absolute atomic E-state index is 14.7. The fraction of sp³-hybridized carbons (Fsp3) is 0.587. The smallest absolute Gasteiger partial charge is 0.245 e. The summed E-state index contributed by atoms with van der Waals surface area (Å²) in [5.41, 5.74) is 40.6. The third-order valence-electron chi connectivity index (χ3n) is 16.0. The Kier molecular flexibility index (Phi) is 33.9. The number of rotatable bonds is 42. The van der Waals surface area contributed by atoms with Gasteiger partial charge in [-0.2, -0.15) is 11.8 Å². The number of hydrogen-bond acceptors (Lipinski definition) is 17. The molecule has 524 valence electrons. The zero-order valence-electron chi connectivity index (χ0n) is 54.5. The van der Waals surface area contributed by atoms with Gasteiger partial charge in [-0.1, -0.05) is 74.5 Å². The topological polar surface area (TPSA) is 519 Å². The highest BCUT2D eigenvalue weighted by atomic mass is 32.2. The van der Waals surface area contributed by atoms with E-state index >= 15 is 0 Å². The van der Waals surface area contributed by atoms with Crippen molar-refractivity contribution in [3.05, 3.63) is 71.8 Å². The first-order chi connectivity index (χ1) is 45.2. The maximum Gasteiger partial charge on any atom is 0.245 e. The number of carbonyl (C=O) groups is 13. The summed E-state index contributed by atoms with van der Waals surface area (Å²) in [4.78, 5) is 185. The van der Waals surface area contributed by atoms with Crippen LogP contribution >= 0.6 is 11.8 Å². The monoisotopic (exact) mass is 1350 g/mol. The lowest BCUT2D eigenvalue weighted by Crippen LogP contribution is -2.60. The molecule has 2 aliphatic rings. The van der Waals surface area contributed by atoms with Gasteiger partial charge < -0.3 is 92.5 Å². The van der Waals surface area contributed by atoms with Crippen LogP contribution in [-0.2, 0) is 75.2 Å². The molecule has 0 bridgehead atoms. The van der Waals surface area contributed by atoms with Crippen LogP contribution in [0.25, 0.3) is 0 Å². The van der Waals surface area contributed by atoms with Crippen molar-refractivity contribution in [3.8, 4) is 0 Å². The van der Waals surface area contributed by atoms with Gasteiger partial charge in [-0.25, -0.2) is 0 Å². The van der Waals surface area contributed by atoms with Crippen LogP contribution in [0.1, 0.15) is 121 Å². The minimum atomic E-state index is -1.64. The highest BCUT2D eigenvalue weighted by molar-refractivity contribution is 7.98. The van der Waals surface area contributed by atoms with E-state index in [9.17, 15) is 62.3 Å². The minimum absolute atomic E-state index is 0.0736. The summed E-state index contributed by atoms with van der Waals surface area (Å²) < 4.78 is 0. The van der Waals surface area contributed by atoms with E-state index in [0.29, 0.717) is 55.4 Å². The molecule has 0 aliphatic carbocycles. The number of aliphatic imine (C=N–C) groups is 1. The van der Waals surface area contributed by atoms with Gasteiger partial charge in [0.15, 0.2) is 5.96 Å². The van der Waals surface area contributed by atoms with E-state index in [1.54, 1.807) is 60.7 Å². The fourth-order valence-electron chi connectivity index (χ4n) is 11.0. The van der Waals surface area contributed by atoms with Gasteiger partial charge in [-0.3, -0.25) is 67.3 Å². The summed E-state index contributed by atoms with van der Waals surface area (Å²) in [6.07, 6.45) is 3.12. The van der Waals surface area contributed by atoms with Crippen LogP contribution in [0.3, 0.4) is 0 Å². The SMILES string of the molecule is CSCC[C@H](NC(=O)[C@@H](CC(C)C)NC(=O)CNC(=O)[C@H](Cc1ccccc1)NC(=O)[C@H](Cc1ccccc1)NC(=O)[C@@H](CCC(N)=O)NC(=O)[C@H](CCC(N)=O)NC(=O)[C@H]1CCCN1C(=O)[C@@H](CCCCN)NC(=O)[C@H]1CCCN1C(=O)[C@@H](N)CCCN=C(N)N)C(N)=O. The van der Waals surface area contributed by atoms with Gasteiger partial charge in [-0.05, 0) is 119 Å². The summed E-state index contributed by atoms with van der Waals surface area (Å²) in [5, 5.41) is 21.1. The zero-order chi connectivity index (χ0) is 70.1. The average Bonchev–Trinajstić information content (AvgIpc) is 1.74. The van der Waals surface area contributed by atoms with Crippen molar-refractivity contribution in [2.75, 3.05) is 44.7 Å². The molecule has 0 aromatic heterocycles. The van der Waals surface area contributed by atoms with Gasteiger partial charge in [0, 0.05) is 45.3 Å². The number of nitrogens with two attached hydrogens (primary N) is 7. The highest BCUT2D eigenvalue weighted by Gasteiger charge is 2.42. The Hall–Kier alpha value is -8.91. The van der Waals surface area contributed by atoms with E-state index in [-0.39, 0.29) is 83.0 Å². The van der Waals surface area contributed by atoms with Gasteiger partial charge >= 0.3 is 0 Å². The largest absolute Gasteiger partial charge is 0.370 e. The molecule has 2 heterocycles. The Labute approximate surface area is 558 Å². The summed E-state index contributed by atoms with van der Waals surface area (Å²) in [5.74, 6) is -9.80. The Balaban J connectivity index is 1.56. The number of unbranched alkanes of at least 4 members (excludes halogenated alkanes) is 1. The van der Waals surface area contributed by atoms with Crippen molar-refractivity contribution in [1.29, 1.82) is 0 Å². The summed E-state index contributed by atoms with van der Waals surface area (Å²) in [6, 6.07) is 4.51. The molecule has 95 heavy (non-hydrogen) atoms. The second kappa shape index (κ2) is 41.0. The quantitative estimate of drug-likeness (QED) is 0.0173. The maximum atomic E-state index is 14.7. The molecule has 22 N–H and O–H groups in total. The Morgan fingerprint density at radius 2 is 1.01 bits per heavy atom. The number of primary amides is 3. The van der Waals surface area contributed by atoms with Crippen molar-refractivity contribution in [2.24, 2.45) is 51.0 Å². The number of likely N-dealkylation sites (tertiary alicyclic amines) is 2. The van der Waals surface area contributed by atoms with E-state index in [0.717, 1.165) is 0 Å². The van der Waals surface area contributed by atoms with Crippen LogP contribution in [-0.4, -0.2) is 198 Å². The summed E-state index contributed by atoms with van der Waals surface area (Å²) in [7, 11) is 0. The van der Waals surface area contributed by atoms with Gasteiger partial charge in [0.25, 0.3) is 0 Å². The predicted octanol–water partition coefficient (Wildman–Crippen LogP) is -3.71. The molecule has 0 unspecified atom stereocenters. The van der Waals surface area contributed by atoms with E-state index in [4.69, 9.17) is 40.1 Å². The standard InChI is InChI=1S/C63H98N18O13S/c1-37(2)33-45(57(89)74-41(53(68)85)27-32-95-3)73-52(84)36-72-54(86)46(34-38-15-6-4-7-16-38)78-58(90)47(35-39-17-8-5-9-18-39)79-56(88)42(23-25-50(66)82)75-55(87)43(24-26-51(67)83)76-59(91)49-22-14-31-81(49)62(94)44(20-10-11-28-64)77-60(92)48-21-13-30-80(48)61(93)40(65)19-12-29-71-63(69)70/h4-9,15-18,37,40-49H,10-14,19-36,64-65H2,1-3H3,(H2,66,82)(H2,67,83)(H2,68,85)(H,72,86)(H,73,84)(H,74,89)(H,75,87)(H,76,91)(H,77,92)(H,78,90)(H,79,88)(H4,69,70,71)/t40-,41-,42+,43-,44+,45+,46-,47-,48+,49+/m0/s1. The van der Waals surface area contributed by atoms with Crippen LogP contribution < -0.4 is 82.7 Å². The van der Waals surface area contributed by atoms with Crippen LogP contribution in [0, 0.1) is 5.92 Å². The van der Waals surface area contributed by atoms with E-state index in [2.05, 4.69) is 47.5 Å². The average molecular weight is 1350 g/mol. The van der Waals surface area contributed by atoms with Crippen LogP contribution in [0.4, 0.5) is 0 Å². The van der Waals surface area contributed by atoms with Gasteiger partial charge in [0.1, 0.15) is 54.4 Å². The second-order valence-electron chi connectivity index (χ2n) is 24.1. The van der Waals surface area contributed by atoms with Crippen molar-refractivity contribution in [3.63, 3.8) is 0 Å². The first-order valence-corrected chi connectivity index (χ1v) is 33.6. The molecular weight excluding hydrogens is 1250 g/mol. The third-order valence-corrected chi connectivity index (χ3v) is 16.7. The van der Waals surface area contributed by atoms with E-state index in [1.165, 1.54) is 21.6 Å². The Bertz CT molecular complexity index is 2960. The molecule has 4 rings (SSSR count). The third kappa shape index (κ3) is 27.5. The van der Waals surface area contributed by atoms with Gasteiger partial charge in [-0.15, -0.1) is 0 Å². The van der Waals surface area contributed by atoms with Crippen LogP contribution in [0.5, 0.6) is 0 Å². The van der Waals surface area contributed by atoms with Crippen molar-refractivity contribution in [2.45, 2.75) is 183 Å². The molecule has 2 aromatic rings. The molecular formula is C63H98N18O13S. The number of carbonyl (C=O) groups excluding carboxylic acids is 13. The molecule has 10 atom stereocenters. The molecule has 32 heteroatoms. The molecule has 0 radical (unpaired) electrons. The zero-order valence-corrected chi connectivity index (χ0v) is 55.3. The predicted molar refractivity (Wildman–Crippen MR) is 356 cm³/mol. The van der Waals surface area contributed by atoms with E-state index < -0.39 is 169 Å². The normalized spacial score (nSPS) is 16.8. The molecule has 2 aliphatic heterocycles. The molecule has 2 fully saturated rings. The summed E-state index contributed by atoms with van der Waals surface area (Å²) in [6.45, 7) is 3.86. The number of hydrogen-bond donors (Lipinski definition) is 15. The number of thioether (sulfide) groups is 1. The highest BCUT2D eigenvalue weighted by Crippen LogP contribution is 2.24. The number of guanidine groups is 1. The first kappa shape index (κ1) is 78.5. The number of amides is 13. The van der Waals surface area contributed by atoms with E-state index in [1.807, 2.05) is 20.1 Å². The molecule has 2 aromatic carbocycles. The number of benzene rings is 2. The number of nitrogens with one attached hydrogen (secondary N) is 8. The van der Waals surface area contributed by atoms with Crippen molar-refractivity contribution >= 4 is 94.5 Å². The fourth-order valence-corrected chi connectivity index (χ4v) is 11.5. The first-order valence-electron chi connectivity index (χ1n) is 32.2. The Morgan fingerprint density at radius 1 is 0.537 bits per heavy atom. The molecule has 0 saturated carbocycles. The van der Waals surface area contributed by atoms with Crippen LogP contribution in [0.15, 0.2) is 65.7 Å². The molecule has 2 saturated heterocycles. The lowest BCUT2D eigenvalue weighted by Gasteiger charge is -2.32.